The fourth-order valence-corrected chi connectivity index (χ4v) is 2.63. The second kappa shape index (κ2) is 5.63. The minimum atomic E-state index is -0.242. The van der Waals surface area contributed by atoms with Gasteiger partial charge in [-0.3, -0.25) is 16.0 Å². The molecule has 0 saturated carbocycles. The average Bonchev–Trinajstić information content (AvgIpc) is 2.83. The number of para-hydroxylation sites is 1. The highest BCUT2D eigenvalue weighted by Crippen LogP contribution is 2.25. The molecule has 3 rings (SSSR count). The number of fused-ring (bicyclic) bond motifs is 1. The highest BCUT2D eigenvalue weighted by Gasteiger charge is 2.18. The Morgan fingerprint density at radius 1 is 1.24 bits per heavy atom. The van der Waals surface area contributed by atoms with Crippen LogP contribution in [0.2, 0.25) is 0 Å². The SMILES string of the molecule is Cn1nc(C(Cc2cccc(F)c2)NN)c2ccccc21. The van der Waals surface area contributed by atoms with E-state index in [4.69, 9.17) is 5.84 Å². The van der Waals surface area contributed by atoms with E-state index in [2.05, 4.69) is 10.5 Å². The van der Waals surface area contributed by atoms with Gasteiger partial charge in [-0.25, -0.2) is 4.39 Å². The zero-order valence-electron chi connectivity index (χ0n) is 11.8. The van der Waals surface area contributed by atoms with Gasteiger partial charge in [-0.15, -0.1) is 0 Å². The first kappa shape index (κ1) is 13.7. The normalized spacial score (nSPS) is 12.7. The monoisotopic (exact) mass is 284 g/mol. The zero-order chi connectivity index (χ0) is 14.8. The minimum Gasteiger partial charge on any atom is -0.271 e. The second-order valence-corrected chi connectivity index (χ2v) is 5.08. The number of hydrogen-bond donors (Lipinski definition) is 2. The van der Waals surface area contributed by atoms with Crippen molar-refractivity contribution >= 4 is 10.9 Å². The molecule has 0 bridgehead atoms. The summed E-state index contributed by atoms with van der Waals surface area (Å²) >= 11 is 0. The van der Waals surface area contributed by atoms with Crippen molar-refractivity contribution in [3.63, 3.8) is 0 Å². The molecular weight excluding hydrogens is 267 g/mol. The quantitative estimate of drug-likeness (QED) is 0.571. The maximum Gasteiger partial charge on any atom is 0.123 e. The Morgan fingerprint density at radius 3 is 2.81 bits per heavy atom. The topological polar surface area (TPSA) is 55.9 Å². The maximum atomic E-state index is 13.3. The van der Waals surface area contributed by atoms with Crippen LogP contribution in [0, 0.1) is 5.82 Å². The van der Waals surface area contributed by atoms with E-state index in [0.29, 0.717) is 6.42 Å². The Labute approximate surface area is 122 Å². The summed E-state index contributed by atoms with van der Waals surface area (Å²) in [5.41, 5.74) is 5.60. The van der Waals surface area contributed by atoms with Crippen LogP contribution in [0.1, 0.15) is 17.3 Å². The fourth-order valence-electron chi connectivity index (χ4n) is 2.63. The van der Waals surface area contributed by atoms with Gasteiger partial charge in [0.2, 0.25) is 0 Å². The molecule has 2 aromatic carbocycles. The minimum absolute atomic E-state index is 0.169. The van der Waals surface area contributed by atoms with Crippen molar-refractivity contribution in [2.75, 3.05) is 0 Å². The summed E-state index contributed by atoms with van der Waals surface area (Å²) < 4.78 is 15.1. The number of halogens is 1. The zero-order valence-corrected chi connectivity index (χ0v) is 11.8. The fraction of sp³-hybridized carbons (Fsp3) is 0.188. The lowest BCUT2D eigenvalue weighted by molar-refractivity contribution is 0.530. The summed E-state index contributed by atoms with van der Waals surface area (Å²) in [5, 5.41) is 5.61. The number of nitrogens with one attached hydrogen (secondary N) is 1. The molecule has 21 heavy (non-hydrogen) atoms. The lowest BCUT2D eigenvalue weighted by atomic mass is 10.0. The van der Waals surface area contributed by atoms with Gasteiger partial charge in [0.25, 0.3) is 0 Å². The van der Waals surface area contributed by atoms with Crippen LogP contribution in [0.5, 0.6) is 0 Å². The number of hydrogen-bond acceptors (Lipinski definition) is 3. The molecular formula is C16H17FN4. The van der Waals surface area contributed by atoms with Crippen molar-refractivity contribution in [3.05, 3.63) is 65.6 Å². The van der Waals surface area contributed by atoms with Crippen molar-refractivity contribution in [2.45, 2.75) is 12.5 Å². The summed E-state index contributed by atoms with van der Waals surface area (Å²) in [6.45, 7) is 0. The first-order chi connectivity index (χ1) is 10.2. The summed E-state index contributed by atoms with van der Waals surface area (Å²) in [6.07, 6.45) is 0.579. The number of nitrogens with two attached hydrogens (primary N) is 1. The molecule has 1 unspecified atom stereocenters. The molecule has 0 aliphatic heterocycles. The molecule has 3 N–H and O–H groups in total. The van der Waals surface area contributed by atoms with Crippen LogP contribution in [-0.4, -0.2) is 9.78 Å². The number of aryl methyl sites for hydroxylation is 1. The summed E-state index contributed by atoms with van der Waals surface area (Å²) in [6, 6.07) is 14.4. The van der Waals surface area contributed by atoms with E-state index in [1.54, 1.807) is 6.07 Å². The third-order valence-corrected chi connectivity index (χ3v) is 3.65. The number of nitrogens with zero attached hydrogens (tertiary/aromatic N) is 2. The average molecular weight is 284 g/mol. The van der Waals surface area contributed by atoms with Gasteiger partial charge in [-0.2, -0.15) is 5.10 Å². The number of aromatic nitrogens is 2. The molecule has 5 heteroatoms. The van der Waals surface area contributed by atoms with Crippen molar-refractivity contribution in [1.29, 1.82) is 0 Å². The van der Waals surface area contributed by atoms with Gasteiger partial charge in [-0.1, -0.05) is 30.3 Å². The van der Waals surface area contributed by atoms with Crippen LogP contribution in [-0.2, 0) is 13.5 Å². The van der Waals surface area contributed by atoms with Crippen LogP contribution in [0.15, 0.2) is 48.5 Å². The molecule has 0 aliphatic rings. The van der Waals surface area contributed by atoms with Crippen LogP contribution in [0.4, 0.5) is 4.39 Å². The predicted molar refractivity (Wildman–Crippen MR) is 80.9 cm³/mol. The van der Waals surface area contributed by atoms with Crippen molar-refractivity contribution in [3.8, 4) is 0 Å². The Kier molecular flexibility index (Phi) is 3.68. The molecule has 3 aromatic rings. The lowest BCUT2D eigenvalue weighted by Crippen LogP contribution is -2.30. The molecule has 108 valence electrons. The maximum absolute atomic E-state index is 13.3. The van der Waals surface area contributed by atoms with E-state index in [1.807, 2.05) is 42.1 Å². The molecule has 0 amide bonds. The number of rotatable bonds is 4. The van der Waals surface area contributed by atoms with Crippen LogP contribution < -0.4 is 11.3 Å². The third-order valence-electron chi connectivity index (χ3n) is 3.65. The number of benzene rings is 2. The summed E-state index contributed by atoms with van der Waals surface area (Å²) in [5.74, 6) is 5.46. The van der Waals surface area contributed by atoms with Crippen molar-refractivity contribution < 1.29 is 4.39 Å². The van der Waals surface area contributed by atoms with Gasteiger partial charge >= 0.3 is 0 Å². The Morgan fingerprint density at radius 2 is 2.05 bits per heavy atom. The second-order valence-electron chi connectivity index (χ2n) is 5.08. The number of hydrazine groups is 1. The van der Waals surface area contributed by atoms with E-state index < -0.39 is 0 Å². The Hall–Kier alpha value is -2.24. The van der Waals surface area contributed by atoms with E-state index >= 15 is 0 Å². The van der Waals surface area contributed by atoms with Crippen LogP contribution in [0.3, 0.4) is 0 Å². The molecule has 1 heterocycles. The Bertz CT molecular complexity index is 766. The van der Waals surface area contributed by atoms with Crippen LogP contribution >= 0.6 is 0 Å². The summed E-state index contributed by atoms with van der Waals surface area (Å²) in [7, 11) is 1.90. The molecule has 0 radical (unpaired) electrons. The van der Waals surface area contributed by atoms with Gasteiger partial charge < -0.3 is 0 Å². The third kappa shape index (κ3) is 2.66. The Balaban J connectivity index is 1.99. The van der Waals surface area contributed by atoms with Gasteiger partial charge in [0.1, 0.15) is 5.82 Å². The van der Waals surface area contributed by atoms with Gasteiger partial charge in [0, 0.05) is 12.4 Å². The molecule has 1 aromatic heterocycles. The molecule has 1 atom stereocenters. The van der Waals surface area contributed by atoms with Gasteiger partial charge in [0.15, 0.2) is 0 Å². The largest absolute Gasteiger partial charge is 0.271 e. The van der Waals surface area contributed by atoms with Gasteiger partial charge in [0.05, 0.1) is 17.3 Å². The molecule has 0 fully saturated rings. The standard InChI is InChI=1S/C16H17FN4/c1-21-15-8-3-2-7-13(15)16(20-21)14(19-18)10-11-5-4-6-12(17)9-11/h2-9,14,19H,10,18H2,1H3. The van der Waals surface area contributed by atoms with Gasteiger partial charge in [-0.05, 0) is 30.2 Å². The summed E-state index contributed by atoms with van der Waals surface area (Å²) in [4.78, 5) is 0. The van der Waals surface area contributed by atoms with E-state index in [1.165, 1.54) is 12.1 Å². The highest BCUT2D eigenvalue weighted by molar-refractivity contribution is 5.82. The molecule has 0 spiro atoms. The van der Waals surface area contributed by atoms with Crippen molar-refractivity contribution in [1.82, 2.24) is 15.2 Å². The van der Waals surface area contributed by atoms with E-state index in [0.717, 1.165) is 22.2 Å². The predicted octanol–water partition coefficient (Wildman–Crippen LogP) is 2.46. The first-order valence-corrected chi connectivity index (χ1v) is 6.81. The lowest BCUT2D eigenvalue weighted by Gasteiger charge is -2.14. The molecule has 4 nitrogen and oxygen atoms in total. The smallest absolute Gasteiger partial charge is 0.123 e. The van der Waals surface area contributed by atoms with Crippen LogP contribution in [0.25, 0.3) is 10.9 Å². The van der Waals surface area contributed by atoms with E-state index in [-0.39, 0.29) is 11.9 Å². The highest BCUT2D eigenvalue weighted by atomic mass is 19.1. The molecule has 0 aliphatic carbocycles. The van der Waals surface area contributed by atoms with Crippen molar-refractivity contribution in [2.24, 2.45) is 12.9 Å². The first-order valence-electron chi connectivity index (χ1n) is 6.81. The van der Waals surface area contributed by atoms with E-state index in [9.17, 15) is 4.39 Å². The molecule has 0 saturated heterocycles.